The summed E-state index contributed by atoms with van der Waals surface area (Å²) >= 11 is 0. The number of nitrogens with one attached hydrogen (secondary N) is 1. The maximum atomic E-state index is 3.60. The van der Waals surface area contributed by atoms with Crippen LogP contribution in [0, 0.1) is 0 Å². The van der Waals surface area contributed by atoms with E-state index in [0.717, 1.165) is 0 Å². The lowest BCUT2D eigenvalue weighted by Crippen LogP contribution is -1.53. The van der Waals surface area contributed by atoms with E-state index in [9.17, 15) is 0 Å². The van der Waals surface area contributed by atoms with E-state index in [4.69, 9.17) is 0 Å². The van der Waals surface area contributed by atoms with Crippen molar-refractivity contribution in [1.29, 1.82) is 0 Å². The highest BCUT2D eigenvalue weighted by molar-refractivity contribution is 5.75. The molecule has 0 amide bonds. The van der Waals surface area contributed by atoms with Gasteiger partial charge in [-0.05, 0) is 6.07 Å². The molecule has 0 aliphatic rings. The second-order valence-corrected chi connectivity index (χ2v) is 0.766. The summed E-state index contributed by atoms with van der Waals surface area (Å²) in [6.45, 7) is 0. The normalized spacial score (nSPS) is 4.00. The van der Waals surface area contributed by atoms with Crippen molar-refractivity contribution in [1.82, 2.24) is 10.2 Å². The van der Waals surface area contributed by atoms with Crippen LogP contribution >= 0.6 is 0 Å². The number of nitrogens with zero attached hydrogens (tertiary/aromatic N) is 1. The van der Waals surface area contributed by atoms with Crippen LogP contribution in [0.4, 0.5) is 18.8 Å². The fraction of sp³-hybridized carbons (Fsp3) is 0. The van der Waals surface area contributed by atoms with Gasteiger partial charge in [0.15, 0.2) is 0 Å². The predicted molar refractivity (Wildman–Crippen MR) is 38.5 cm³/mol. The minimum atomic E-state index is 0. The van der Waals surface area contributed by atoms with Crippen LogP contribution in [-0.4, -0.2) is 18.6 Å². The van der Waals surface area contributed by atoms with Gasteiger partial charge >= 0.3 is 0 Å². The fourth-order valence-corrected chi connectivity index (χ4v) is 0.215. The van der Waals surface area contributed by atoms with Gasteiger partial charge in [0.05, 0.1) is 8.41 Å². The van der Waals surface area contributed by atoms with Crippen LogP contribution in [0.15, 0.2) is 18.5 Å². The summed E-state index contributed by atoms with van der Waals surface area (Å²) in [4.78, 5) is 0. The monoisotopic (exact) mass is 162 g/mol. The zero-order valence-electron chi connectivity index (χ0n) is 4.31. The van der Waals surface area contributed by atoms with Gasteiger partial charge in [0.1, 0.15) is 0 Å². The van der Waals surface area contributed by atoms with E-state index in [1.807, 2.05) is 6.07 Å². The second kappa shape index (κ2) is 24.5. The van der Waals surface area contributed by atoms with Gasteiger partial charge in [-0.1, -0.05) is 0 Å². The fourth-order valence-electron chi connectivity index (χ4n) is 0.215. The van der Waals surface area contributed by atoms with E-state index in [0.29, 0.717) is 0 Å². The van der Waals surface area contributed by atoms with Crippen LogP contribution in [0.5, 0.6) is 0 Å². The Balaban J connectivity index is -0.0000000167. The van der Waals surface area contributed by atoms with Crippen LogP contribution in [0.3, 0.4) is 0 Å². The van der Waals surface area contributed by atoms with Crippen molar-refractivity contribution in [3.05, 3.63) is 18.5 Å². The van der Waals surface area contributed by atoms with E-state index >= 15 is 0 Å². The lowest BCUT2D eigenvalue weighted by molar-refractivity contribution is 1.09. The zero-order valence-corrected chi connectivity index (χ0v) is 4.31. The van der Waals surface area contributed by atoms with Crippen LogP contribution in [-0.2, 0) is 0 Å². The molecular formula is C3H11BF4N2. The van der Waals surface area contributed by atoms with Crippen molar-refractivity contribution >= 4 is 8.41 Å². The summed E-state index contributed by atoms with van der Waals surface area (Å²) in [7, 11) is 0. The third-order valence-electron chi connectivity index (χ3n) is 0.406. The van der Waals surface area contributed by atoms with Crippen molar-refractivity contribution < 1.29 is 18.8 Å². The van der Waals surface area contributed by atoms with Gasteiger partial charge in [-0.3, -0.25) is 23.9 Å². The number of rotatable bonds is 0. The first-order chi connectivity index (χ1) is 2.50. The summed E-state index contributed by atoms with van der Waals surface area (Å²) < 4.78 is 0. The molecule has 0 saturated carbocycles. The Hall–Kier alpha value is -1.01. The largest absolute Gasteiger partial charge is 0.286 e. The molecule has 0 radical (unpaired) electrons. The predicted octanol–water partition coefficient (Wildman–Crippen LogP) is -0.164. The van der Waals surface area contributed by atoms with Gasteiger partial charge in [-0.2, -0.15) is 5.10 Å². The van der Waals surface area contributed by atoms with Crippen LogP contribution in [0.25, 0.3) is 0 Å². The summed E-state index contributed by atoms with van der Waals surface area (Å²) in [6, 6.07) is 1.83. The molecule has 0 aliphatic carbocycles. The molecule has 7 heteroatoms. The third-order valence-corrected chi connectivity index (χ3v) is 0.406. The van der Waals surface area contributed by atoms with Crippen molar-refractivity contribution in [2.45, 2.75) is 0 Å². The molecule has 2 nitrogen and oxygen atoms in total. The molecule has 1 aromatic rings. The Bertz CT molecular complexity index is 75.0. The molecular weight excluding hydrogens is 151 g/mol. The molecule has 0 aliphatic heterocycles. The second-order valence-electron chi connectivity index (χ2n) is 0.766. The molecule has 0 spiro atoms. The molecule has 1 rings (SSSR count). The first kappa shape index (κ1) is 36.0. The summed E-state index contributed by atoms with van der Waals surface area (Å²) in [5, 5.41) is 6.21. The molecule has 0 fully saturated rings. The number of hydrogen-bond acceptors (Lipinski definition) is 1. The Morgan fingerprint density at radius 1 is 1.00 bits per heavy atom. The van der Waals surface area contributed by atoms with Crippen molar-refractivity contribution in [3.8, 4) is 0 Å². The number of aromatic nitrogens is 2. The number of aromatic amines is 1. The average Bonchev–Trinajstić information content (AvgIpc) is 1.76. The van der Waals surface area contributed by atoms with E-state index in [1.54, 1.807) is 12.4 Å². The maximum Gasteiger partial charge on any atom is 0.0814 e. The Morgan fingerprint density at radius 3 is 1.60 bits per heavy atom. The molecule has 0 saturated heterocycles. The highest BCUT2D eigenvalue weighted by atomic mass is 19.0. The molecule has 10 heavy (non-hydrogen) atoms. The molecule has 0 unspecified atom stereocenters. The Morgan fingerprint density at radius 2 is 1.50 bits per heavy atom. The molecule has 0 bridgehead atoms. The number of halogens is 4. The highest BCUT2D eigenvalue weighted by Crippen LogP contribution is 1.64. The lowest BCUT2D eigenvalue weighted by atomic mass is 10.8. The summed E-state index contributed by atoms with van der Waals surface area (Å²) in [5.74, 6) is 0. The molecule has 0 atom stereocenters. The van der Waals surface area contributed by atoms with Gasteiger partial charge in [-0.25, -0.2) is 0 Å². The molecule has 1 N–H and O–H groups in total. The van der Waals surface area contributed by atoms with Gasteiger partial charge < -0.3 is 0 Å². The van der Waals surface area contributed by atoms with Crippen molar-refractivity contribution in [2.24, 2.45) is 0 Å². The standard InChI is InChI=1S/C3H4N2.BH3.4FH/c1-2-4-5-3-1;;;;;/h1-3H,(H,4,5);1H3;4*1H. The minimum absolute atomic E-state index is 0. The molecule has 0 aromatic carbocycles. The summed E-state index contributed by atoms with van der Waals surface area (Å²) in [5.41, 5.74) is 0. The Labute approximate surface area is 57.1 Å². The molecule has 1 heterocycles. The van der Waals surface area contributed by atoms with Crippen molar-refractivity contribution in [3.63, 3.8) is 0 Å². The molecule has 64 valence electrons. The van der Waals surface area contributed by atoms with E-state index in [2.05, 4.69) is 10.2 Å². The topological polar surface area (TPSA) is 28.7 Å². The first-order valence-corrected chi connectivity index (χ1v) is 1.44. The van der Waals surface area contributed by atoms with Crippen LogP contribution < -0.4 is 0 Å². The van der Waals surface area contributed by atoms with Gasteiger partial charge in [0.2, 0.25) is 0 Å². The van der Waals surface area contributed by atoms with Crippen LogP contribution in [0.1, 0.15) is 0 Å². The molecule has 1 aromatic heterocycles. The van der Waals surface area contributed by atoms with Crippen molar-refractivity contribution in [2.75, 3.05) is 0 Å². The van der Waals surface area contributed by atoms with E-state index in [-0.39, 0.29) is 27.2 Å². The highest BCUT2D eigenvalue weighted by Gasteiger charge is 1.56. The lowest BCUT2D eigenvalue weighted by Gasteiger charge is -1.49. The van der Waals surface area contributed by atoms with Gasteiger partial charge in [0.25, 0.3) is 0 Å². The number of H-pyrrole nitrogens is 1. The van der Waals surface area contributed by atoms with Gasteiger partial charge in [0, 0.05) is 12.4 Å². The van der Waals surface area contributed by atoms with Gasteiger partial charge in [-0.15, -0.1) is 0 Å². The SMILES string of the molecule is B.F.F.F.F.c1cn[nH]c1. The minimum Gasteiger partial charge on any atom is -0.286 e. The van der Waals surface area contributed by atoms with E-state index in [1.165, 1.54) is 0 Å². The smallest absolute Gasteiger partial charge is 0.0814 e. The summed E-state index contributed by atoms with van der Waals surface area (Å²) in [6.07, 6.45) is 3.46. The quantitative estimate of drug-likeness (QED) is 0.416. The zero-order chi connectivity index (χ0) is 3.54. The maximum absolute atomic E-state index is 3.60. The number of hydrogen-bond donors (Lipinski definition) is 1. The van der Waals surface area contributed by atoms with E-state index < -0.39 is 0 Å². The van der Waals surface area contributed by atoms with Crippen LogP contribution in [0.2, 0.25) is 0 Å². The first-order valence-electron chi connectivity index (χ1n) is 1.44. The average molecular weight is 162 g/mol. The third kappa shape index (κ3) is 15.8. The Kier molecular flexibility index (Phi) is 88.3.